The number of aryl methyl sites for hydroxylation is 1. The van der Waals surface area contributed by atoms with Crippen molar-refractivity contribution in [1.82, 2.24) is 5.32 Å². The molecular weight excluding hydrogens is 239 g/mol. The standard InChI is InChI=1S/C12H17FN2O3/c1-6-3-8(9(13)4-10(6)14)12(18)11(17)5-15-7(2)16/h3-4,11-12,17-18H,5,14H2,1-2H3,(H,15,16). The highest BCUT2D eigenvalue weighted by Gasteiger charge is 2.22. The maximum Gasteiger partial charge on any atom is 0.216 e. The summed E-state index contributed by atoms with van der Waals surface area (Å²) >= 11 is 0. The van der Waals surface area contributed by atoms with Gasteiger partial charge in [0.15, 0.2) is 0 Å². The Morgan fingerprint density at radius 2 is 2.11 bits per heavy atom. The van der Waals surface area contributed by atoms with Crippen LogP contribution in [0.4, 0.5) is 10.1 Å². The van der Waals surface area contributed by atoms with Crippen molar-refractivity contribution >= 4 is 11.6 Å². The number of nitrogen functional groups attached to an aromatic ring is 1. The second kappa shape index (κ2) is 5.79. The van der Waals surface area contributed by atoms with Crippen LogP contribution in [-0.2, 0) is 4.79 Å². The lowest BCUT2D eigenvalue weighted by Crippen LogP contribution is -2.34. The van der Waals surface area contributed by atoms with Crippen molar-refractivity contribution in [2.45, 2.75) is 26.1 Å². The van der Waals surface area contributed by atoms with Gasteiger partial charge in [-0.1, -0.05) is 0 Å². The highest BCUT2D eigenvalue weighted by atomic mass is 19.1. The topological polar surface area (TPSA) is 95.6 Å². The van der Waals surface area contributed by atoms with Crippen LogP contribution in [0.5, 0.6) is 0 Å². The molecule has 5 N–H and O–H groups in total. The van der Waals surface area contributed by atoms with Crippen molar-refractivity contribution in [2.24, 2.45) is 0 Å². The molecule has 0 spiro atoms. The van der Waals surface area contributed by atoms with Crippen LogP contribution < -0.4 is 11.1 Å². The largest absolute Gasteiger partial charge is 0.398 e. The lowest BCUT2D eigenvalue weighted by Gasteiger charge is -2.19. The second-order valence-electron chi connectivity index (χ2n) is 4.18. The van der Waals surface area contributed by atoms with Crippen molar-refractivity contribution in [3.63, 3.8) is 0 Å². The molecule has 6 heteroatoms. The summed E-state index contributed by atoms with van der Waals surface area (Å²) in [4.78, 5) is 10.7. The summed E-state index contributed by atoms with van der Waals surface area (Å²) < 4.78 is 13.6. The monoisotopic (exact) mass is 256 g/mol. The van der Waals surface area contributed by atoms with Crippen molar-refractivity contribution in [3.8, 4) is 0 Å². The Morgan fingerprint density at radius 1 is 1.50 bits per heavy atom. The average molecular weight is 256 g/mol. The number of nitrogens with two attached hydrogens (primary N) is 1. The number of aliphatic hydroxyl groups excluding tert-OH is 2. The molecule has 1 aromatic carbocycles. The molecule has 0 saturated heterocycles. The van der Waals surface area contributed by atoms with E-state index in [2.05, 4.69) is 5.32 Å². The number of rotatable bonds is 4. The Hall–Kier alpha value is -1.66. The molecule has 100 valence electrons. The maximum atomic E-state index is 13.6. The van der Waals surface area contributed by atoms with Crippen molar-refractivity contribution in [3.05, 3.63) is 29.1 Å². The van der Waals surface area contributed by atoms with Gasteiger partial charge in [0.05, 0.1) is 0 Å². The van der Waals surface area contributed by atoms with Crippen molar-refractivity contribution in [1.29, 1.82) is 0 Å². The first-order chi connectivity index (χ1) is 8.32. The summed E-state index contributed by atoms with van der Waals surface area (Å²) in [6.07, 6.45) is -2.71. The summed E-state index contributed by atoms with van der Waals surface area (Å²) in [7, 11) is 0. The number of hydrogen-bond donors (Lipinski definition) is 4. The molecule has 0 radical (unpaired) electrons. The molecule has 1 aromatic rings. The zero-order valence-corrected chi connectivity index (χ0v) is 10.3. The van der Waals surface area contributed by atoms with E-state index in [9.17, 15) is 19.4 Å². The molecule has 0 aliphatic heterocycles. The first-order valence-electron chi connectivity index (χ1n) is 5.49. The molecule has 0 aromatic heterocycles. The van der Waals surface area contributed by atoms with Crippen LogP contribution in [0.2, 0.25) is 0 Å². The van der Waals surface area contributed by atoms with Gasteiger partial charge in [0.2, 0.25) is 5.91 Å². The number of carbonyl (C=O) groups excluding carboxylic acids is 1. The second-order valence-corrected chi connectivity index (χ2v) is 4.18. The number of benzene rings is 1. The van der Waals surface area contributed by atoms with Crippen LogP contribution in [0.3, 0.4) is 0 Å². The van der Waals surface area contributed by atoms with Crippen LogP contribution in [0, 0.1) is 12.7 Å². The van der Waals surface area contributed by atoms with Gasteiger partial charge in [-0.25, -0.2) is 4.39 Å². The normalized spacial score (nSPS) is 14.1. The molecule has 1 rings (SSSR count). The molecule has 1 amide bonds. The van der Waals surface area contributed by atoms with E-state index in [0.717, 1.165) is 6.07 Å². The first-order valence-corrected chi connectivity index (χ1v) is 5.49. The highest BCUT2D eigenvalue weighted by molar-refractivity contribution is 5.72. The Kier molecular flexibility index (Phi) is 4.63. The first kappa shape index (κ1) is 14.4. The van der Waals surface area contributed by atoms with Gasteiger partial charge in [-0.3, -0.25) is 4.79 Å². The fourth-order valence-electron chi connectivity index (χ4n) is 1.51. The molecule has 0 fully saturated rings. The van der Waals surface area contributed by atoms with E-state index in [1.54, 1.807) is 6.92 Å². The number of halogens is 1. The molecule has 0 bridgehead atoms. The van der Waals surface area contributed by atoms with E-state index in [4.69, 9.17) is 5.73 Å². The van der Waals surface area contributed by atoms with E-state index in [-0.39, 0.29) is 23.7 Å². The number of hydrogen-bond acceptors (Lipinski definition) is 4. The fraction of sp³-hybridized carbons (Fsp3) is 0.417. The third-order valence-corrected chi connectivity index (χ3v) is 2.63. The fourth-order valence-corrected chi connectivity index (χ4v) is 1.51. The van der Waals surface area contributed by atoms with E-state index in [0.29, 0.717) is 5.56 Å². The Labute approximate surface area is 104 Å². The van der Waals surface area contributed by atoms with Crippen LogP contribution in [0.1, 0.15) is 24.2 Å². The zero-order valence-electron chi connectivity index (χ0n) is 10.3. The molecule has 2 unspecified atom stereocenters. The van der Waals surface area contributed by atoms with E-state index >= 15 is 0 Å². The average Bonchev–Trinajstić information content (AvgIpc) is 2.29. The van der Waals surface area contributed by atoms with E-state index < -0.39 is 18.0 Å². The molecule has 18 heavy (non-hydrogen) atoms. The SMILES string of the molecule is CC(=O)NCC(O)C(O)c1cc(C)c(N)cc1F. The van der Waals surface area contributed by atoms with Gasteiger partial charge in [-0.15, -0.1) is 0 Å². The molecule has 2 atom stereocenters. The van der Waals surface area contributed by atoms with Crippen LogP contribution >= 0.6 is 0 Å². The van der Waals surface area contributed by atoms with Crippen molar-refractivity contribution < 1.29 is 19.4 Å². The summed E-state index contributed by atoms with van der Waals surface area (Å²) in [5.74, 6) is -1.03. The minimum Gasteiger partial charge on any atom is -0.398 e. The quantitative estimate of drug-likeness (QED) is 0.581. The van der Waals surface area contributed by atoms with Gasteiger partial charge in [0.1, 0.15) is 18.0 Å². The molecule has 0 saturated carbocycles. The van der Waals surface area contributed by atoms with Crippen molar-refractivity contribution in [2.75, 3.05) is 12.3 Å². The molecule has 0 aliphatic rings. The molecule has 0 heterocycles. The summed E-state index contributed by atoms with van der Waals surface area (Å²) in [6, 6.07) is 2.48. The van der Waals surface area contributed by atoms with Gasteiger partial charge in [0.25, 0.3) is 0 Å². The number of amides is 1. The Bertz CT molecular complexity index is 451. The Morgan fingerprint density at radius 3 is 2.67 bits per heavy atom. The van der Waals surface area contributed by atoms with Crippen LogP contribution in [0.25, 0.3) is 0 Å². The maximum absolute atomic E-state index is 13.6. The van der Waals surface area contributed by atoms with Gasteiger partial charge in [-0.05, 0) is 24.6 Å². The summed E-state index contributed by atoms with van der Waals surface area (Å²) in [6.45, 7) is 2.80. The summed E-state index contributed by atoms with van der Waals surface area (Å²) in [5, 5.41) is 21.8. The third-order valence-electron chi connectivity index (χ3n) is 2.63. The minimum atomic E-state index is -1.42. The summed E-state index contributed by atoms with van der Waals surface area (Å²) in [5.41, 5.74) is 6.37. The predicted octanol–water partition coefficient (Wildman–Crippen LogP) is 0.247. The zero-order chi connectivity index (χ0) is 13.9. The van der Waals surface area contributed by atoms with E-state index in [1.807, 2.05) is 0 Å². The van der Waals surface area contributed by atoms with Gasteiger partial charge in [0, 0.05) is 24.7 Å². The lowest BCUT2D eigenvalue weighted by atomic mass is 10.0. The smallest absolute Gasteiger partial charge is 0.216 e. The van der Waals surface area contributed by atoms with Crippen LogP contribution in [0.15, 0.2) is 12.1 Å². The van der Waals surface area contributed by atoms with Gasteiger partial charge in [-0.2, -0.15) is 0 Å². The highest BCUT2D eigenvalue weighted by Crippen LogP contribution is 2.24. The molecule has 0 aliphatic carbocycles. The Balaban J connectivity index is 2.86. The van der Waals surface area contributed by atoms with E-state index in [1.165, 1.54) is 13.0 Å². The minimum absolute atomic E-state index is 0.0421. The van der Waals surface area contributed by atoms with Crippen LogP contribution in [-0.4, -0.2) is 28.8 Å². The lowest BCUT2D eigenvalue weighted by molar-refractivity contribution is -0.119. The van der Waals surface area contributed by atoms with Gasteiger partial charge < -0.3 is 21.3 Å². The number of nitrogens with one attached hydrogen (secondary N) is 1. The third kappa shape index (κ3) is 3.41. The molecule has 5 nitrogen and oxygen atoms in total. The van der Waals surface area contributed by atoms with Gasteiger partial charge >= 0.3 is 0 Å². The molecular formula is C12H17FN2O3. The number of carbonyl (C=O) groups is 1. The number of anilines is 1. The number of aliphatic hydroxyl groups is 2. The predicted molar refractivity (Wildman–Crippen MR) is 65.2 cm³/mol.